The number of hydrogen-bond donors (Lipinski definition) is 1. The van der Waals surface area contributed by atoms with E-state index in [9.17, 15) is 19.5 Å². The average Bonchev–Trinajstić information content (AvgIpc) is 3.53. The Bertz CT molecular complexity index is 1200. The van der Waals surface area contributed by atoms with Crippen LogP contribution < -0.4 is 0 Å². The first kappa shape index (κ1) is 31.5. The van der Waals surface area contributed by atoms with Gasteiger partial charge in [0.25, 0.3) is 0 Å². The maximum Gasteiger partial charge on any atom is 0.312 e. The maximum absolute atomic E-state index is 14.9. The van der Waals surface area contributed by atoms with Crippen LogP contribution in [0.2, 0.25) is 0 Å². The minimum Gasteiger partial charge on any atom is -0.465 e. The first-order valence-corrected chi connectivity index (χ1v) is 16.1. The molecule has 0 aromatic heterocycles. The summed E-state index contributed by atoms with van der Waals surface area (Å²) in [7, 11) is 0. The lowest BCUT2D eigenvalue weighted by atomic mass is 9.62. The predicted octanol–water partition coefficient (Wildman–Crippen LogP) is 4.46. The summed E-state index contributed by atoms with van der Waals surface area (Å²) in [5.74, 6) is -2.72. The summed E-state index contributed by atoms with van der Waals surface area (Å²) >= 11 is 0. The number of nitrogens with zero attached hydrogens (tertiary/aromatic N) is 2. The molecule has 1 aliphatic carbocycles. The highest BCUT2D eigenvalue weighted by molar-refractivity contribution is 5.99. The topological polar surface area (TPSA) is 96.4 Å². The molecule has 1 aromatic carbocycles. The van der Waals surface area contributed by atoms with Crippen molar-refractivity contribution in [1.82, 2.24) is 9.80 Å². The van der Waals surface area contributed by atoms with Crippen LogP contribution in [0, 0.1) is 17.8 Å². The van der Waals surface area contributed by atoms with Gasteiger partial charge in [0.15, 0.2) is 0 Å². The third-order valence-corrected chi connectivity index (χ3v) is 10.6. The first-order chi connectivity index (χ1) is 20.7. The molecule has 1 N–H and O–H groups in total. The second-order valence-corrected chi connectivity index (χ2v) is 13.1. The highest BCUT2D eigenvalue weighted by Crippen LogP contribution is 2.65. The third-order valence-electron chi connectivity index (χ3n) is 10.6. The van der Waals surface area contributed by atoms with E-state index in [2.05, 4.69) is 13.2 Å². The lowest BCUT2D eigenvalue weighted by molar-refractivity contribution is -0.164. The second-order valence-electron chi connectivity index (χ2n) is 13.1. The summed E-state index contributed by atoms with van der Waals surface area (Å²) in [6.45, 7) is 11.9. The number of aliphatic hydroxyl groups excluding tert-OH is 1. The van der Waals surface area contributed by atoms with Gasteiger partial charge in [0.1, 0.15) is 17.6 Å². The van der Waals surface area contributed by atoms with Crippen molar-refractivity contribution >= 4 is 17.8 Å². The lowest BCUT2D eigenvalue weighted by Gasteiger charge is -2.42. The van der Waals surface area contributed by atoms with Crippen LogP contribution >= 0.6 is 0 Å². The maximum atomic E-state index is 14.9. The standard InChI is InChI=1S/C35H48N2O6/c1-5-7-14-20-42-33(41)29-28-31(39)37(27(23-38)21-25-15-10-8-11-16-25)30(35(28)22-24(3)34(29,4)43-35)32(40)36(19-6-2)26-17-12-9-13-18-26/h5-6,8,10-11,15-16,24,26-30,38H,1-2,7,9,12-14,17-23H2,3-4H3/t24?,27-,28+,29-,30?,34+,35?/m1/s1. The number of amides is 2. The summed E-state index contributed by atoms with van der Waals surface area (Å²) in [4.78, 5) is 46.9. The Morgan fingerprint density at radius 2 is 1.91 bits per heavy atom. The van der Waals surface area contributed by atoms with E-state index in [1.807, 2.05) is 49.1 Å². The van der Waals surface area contributed by atoms with Crippen molar-refractivity contribution in [3.8, 4) is 0 Å². The van der Waals surface area contributed by atoms with Gasteiger partial charge in [0.2, 0.25) is 11.8 Å². The van der Waals surface area contributed by atoms with Crippen LogP contribution in [0.5, 0.6) is 0 Å². The van der Waals surface area contributed by atoms with E-state index < -0.39 is 41.1 Å². The van der Waals surface area contributed by atoms with Crippen LogP contribution in [0.3, 0.4) is 0 Å². The van der Waals surface area contributed by atoms with Crippen LogP contribution in [0.1, 0.15) is 70.8 Å². The molecule has 5 rings (SSSR count). The Hall–Kier alpha value is -2.97. The lowest BCUT2D eigenvalue weighted by Crippen LogP contribution is -2.60. The van der Waals surface area contributed by atoms with Crippen molar-refractivity contribution < 1.29 is 29.0 Å². The fraction of sp³-hybridized carbons (Fsp3) is 0.629. The molecule has 2 amide bonds. The Labute approximate surface area is 256 Å². The third kappa shape index (κ3) is 5.46. The van der Waals surface area contributed by atoms with Crippen molar-refractivity contribution in [2.75, 3.05) is 19.8 Å². The molecule has 0 radical (unpaired) electrons. The van der Waals surface area contributed by atoms with E-state index in [0.29, 0.717) is 25.8 Å². The zero-order chi connectivity index (χ0) is 30.8. The van der Waals surface area contributed by atoms with Gasteiger partial charge in [-0.05, 0) is 56.9 Å². The van der Waals surface area contributed by atoms with Crippen molar-refractivity contribution in [2.45, 2.75) is 101 Å². The van der Waals surface area contributed by atoms with Gasteiger partial charge in [-0.2, -0.15) is 0 Å². The molecule has 2 bridgehead atoms. The quantitative estimate of drug-likeness (QED) is 0.207. The van der Waals surface area contributed by atoms with Crippen molar-refractivity contribution in [3.63, 3.8) is 0 Å². The van der Waals surface area contributed by atoms with Gasteiger partial charge < -0.3 is 24.4 Å². The van der Waals surface area contributed by atoms with Crippen molar-refractivity contribution in [1.29, 1.82) is 0 Å². The minimum absolute atomic E-state index is 0.0468. The molecule has 3 saturated heterocycles. The molecular weight excluding hydrogens is 544 g/mol. The van der Waals surface area contributed by atoms with Crippen LogP contribution in [0.15, 0.2) is 55.6 Å². The van der Waals surface area contributed by atoms with Crippen LogP contribution in [-0.2, 0) is 30.3 Å². The van der Waals surface area contributed by atoms with Gasteiger partial charge in [0.05, 0.1) is 30.8 Å². The number of allylic oxidation sites excluding steroid dienone is 1. The number of ether oxygens (including phenoxy) is 2. The number of benzene rings is 1. The number of esters is 1. The summed E-state index contributed by atoms with van der Waals surface area (Å²) in [5.41, 5.74) is -1.18. The molecule has 43 heavy (non-hydrogen) atoms. The van der Waals surface area contributed by atoms with Crippen molar-refractivity contribution in [3.05, 3.63) is 61.2 Å². The molecule has 1 spiro atoms. The van der Waals surface area contributed by atoms with E-state index >= 15 is 0 Å². The molecule has 234 valence electrons. The average molecular weight is 593 g/mol. The van der Waals surface area contributed by atoms with Gasteiger partial charge in [0, 0.05) is 12.6 Å². The molecule has 1 saturated carbocycles. The van der Waals surface area contributed by atoms with Crippen LogP contribution in [0.4, 0.5) is 0 Å². The smallest absolute Gasteiger partial charge is 0.312 e. The number of unbranched alkanes of at least 4 members (excludes halogenated alkanes) is 1. The second kappa shape index (κ2) is 12.9. The Morgan fingerprint density at radius 3 is 2.56 bits per heavy atom. The number of carbonyl (C=O) groups excluding carboxylic acids is 3. The molecule has 3 unspecified atom stereocenters. The SMILES string of the molecule is C=CCCCOC(=O)[C@H]1[C@H]2C(=O)N([C@@H](CO)Cc3ccccc3)C(C(=O)N(CC=C)C3CCCCC3)C23CC(C)[C@]1(C)O3. The molecule has 4 aliphatic rings. The number of likely N-dealkylation sites (tertiary alicyclic amines) is 1. The zero-order valence-corrected chi connectivity index (χ0v) is 25.8. The molecule has 4 fully saturated rings. The minimum atomic E-state index is -1.19. The van der Waals surface area contributed by atoms with Gasteiger partial charge in [-0.1, -0.05) is 68.7 Å². The number of rotatable bonds is 13. The van der Waals surface area contributed by atoms with E-state index in [4.69, 9.17) is 9.47 Å². The first-order valence-electron chi connectivity index (χ1n) is 16.1. The van der Waals surface area contributed by atoms with E-state index in [1.54, 1.807) is 17.1 Å². The highest BCUT2D eigenvalue weighted by Gasteiger charge is 2.80. The normalized spacial score (nSPS) is 32.3. The highest BCUT2D eigenvalue weighted by atomic mass is 16.6. The number of hydrogen-bond acceptors (Lipinski definition) is 6. The molecule has 8 heteroatoms. The fourth-order valence-corrected chi connectivity index (χ4v) is 8.44. The molecule has 3 heterocycles. The Morgan fingerprint density at radius 1 is 1.19 bits per heavy atom. The van der Waals surface area contributed by atoms with E-state index in [0.717, 1.165) is 44.1 Å². The monoisotopic (exact) mass is 592 g/mol. The summed E-state index contributed by atoms with van der Waals surface area (Å²) in [5, 5.41) is 10.8. The molecule has 1 aromatic rings. The van der Waals surface area contributed by atoms with Gasteiger partial charge >= 0.3 is 5.97 Å². The van der Waals surface area contributed by atoms with E-state index in [1.165, 1.54) is 0 Å². The zero-order valence-electron chi connectivity index (χ0n) is 25.8. The van der Waals surface area contributed by atoms with Gasteiger partial charge in [-0.25, -0.2) is 0 Å². The Kier molecular flexibility index (Phi) is 9.47. The predicted molar refractivity (Wildman–Crippen MR) is 164 cm³/mol. The van der Waals surface area contributed by atoms with Gasteiger partial charge in [-0.15, -0.1) is 13.2 Å². The summed E-state index contributed by atoms with van der Waals surface area (Å²) in [6, 6.07) is 8.11. The van der Waals surface area contributed by atoms with Gasteiger partial charge in [-0.3, -0.25) is 14.4 Å². The summed E-state index contributed by atoms with van der Waals surface area (Å²) in [6.07, 6.45) is 10.8. The molecule has 3 aliphatic heterocycles. The number of carbonyl (C=O) groups is 3. The van der Waals surface area contributed by atoms with Crippen LogP contribution in [-0.4, -0.2) is 81.8 Å². The Balaban J connectivity index is 1.57. The van der Waals surface area contributed by atoms with Crippen molar-refractivity contribution in [2.24, 2.45) is 17.8 Å². The number of aliphatic hydroxyl groups is 1. The molecular formula is C35H48N2O6. The largest absolute Gasteiger partial charge is 0.465 e. The fourth-order valence-electron chi connectivity index (χ4n) is 8.44. The number of fused-ring (bicyclic) bond motifs is 1. The van der Waals surface area contributed by atoms with E-state index in [-0.39, 0.29) is 37.0 Å². The molecule has 7 atom stereocenters. The molecule has 8 nitrogen and oxygen atoms in total. The summed E-state index contributed by atoms with van der Waals surface area (Å²) < 4.78 is 12.7. The van der Waals surface area contributed by atoms with Crippen LogP contribution in [0.25, 0.3) is 0 Å².